The van der Waals surface area contributed by atoms with Crippen molar-refractivity contribution in [2.24, 2.45) is 17.6 Å². The summed E-state index contributed by atoms with van der Waals surface area (Å²) < 4.78 is 0. The van der Waals surface area contributed by atoms with Gasteiger partial charge < -0.3 is 5.73 Å². The first-order valence-corrected chi connectivity index (χ1v) is 8.22. The molecule has 2 N–H and O–H groups in total. The summed E-state index contributed by atoms with van der Waals surface area (Å²) in [4.78, 5) is 2.58. The minimum Gasteiger partial charge on any atom is -0.329 e. The van der Waals surface area contributed by atoms with Gasteiger partial charge in [-0.15, -0.1) is 0 Å². The maximum absolute atomic E-state index is 6.13. The highest BCUT2D eigenvalue weighted by Gasteiger charge is 2.28. The topological polar surface area (TPSA) is 29.3 Å². The Bertz CT molecular complexity index is 368. The van der Waals surface area contributed by atoms with Crippen LogP contribution < -0.4 is 5.73 Å². The molecule has 1 aromatic rings. The third-order valence-corrected chi connectivity index (χ3v) is 4.95. The van der Waals surface area contributed by atoms with Crippen LogP contribution in [0, 0.1) is 11.8 Å². The molecule has 0 amide bonds. The number of rotatable bonds is 6. The van der Waals surface area contributed by atoms with Crippen molar-refractivity contribution in [3.05, 3.63) is 35.9 Å². The van der Waals surface area contributed by atoms with Gasteiger partial charge in [0.05, 0.1) is 0 Å². The van der Waals surface area contributed by atoms with Crippen molar-refractivity contribution >= 4 is 0 Å². The molecule has 2 heteroatoms. The predicted octanol–water partition coefficient (Wildman–Crippen LogP) is 3.66. The molecular formula is C18H30N2. The average molecular weight is 274 g/mol. The summed E-state index contributed by atoms with van der Waals surface area (Å²) in [5.74, 6) is 1.70. The Hall–Kier alpha value is -0.860. The Morgan fingerprint density at radius 3 is 2.35 bits per heavy atom. The zero-order chi connectivity index (χ0) is 14.4. The fourth-order valence-electron chi connectivity index (χ4n) is 3.59. The van der Waals surface area contributed by atoms with E-state index < -0.39 is 0 Å². The van der Waals surface area contributed by atoms with Gasteiger partial charge in [-0.25, -0.2) is 0 Å². The first-order chi connectivity index (χ1) is 9.74. The van der Waals surface area contributed by atoms with E-state index in [0.717, 1.165) is 31.5 Å². The fraction of sp³-hybridized carbons (Fsp3) is 0.667. The lowest BCUT2D eigenvalue weighted by Gasteiger charge is -2.39. The SMILES string of the molecule is CCN(Cc1ccccc1)C(CN)C1CCC(C)CC1. The van der Waals surface area contributed by atoms with E-state index in [0.29, 0.717) is 6.04 Å². The van der Waals surface area contributed by atoms with Crippen LogP contribution in [0.3, 0.4) is 0 Å². The molecule has 0 radical (unpaired) electrons. The summed E-state index contributed by atoms with van der Waals surface area (Å²) in [7, 11) is 0. The quantitative estimate of drug-likeness (QED) is 0.857. The smallest absolute Gasteiger partial charge is 0.0250 e. The van der Waals surface area contributed by atoms with Crippen LogP contribution in [0.2, 0.25) is 0 Å². The Labute approximate surface area is 124 Å². The lowest BCUT2D eigenvalue weighted by molar-refractivity contribution is 0.110. The highest BCUT2D eigenvalue weighted by atomic mass is 15.2. The van der Waals surface area contributed by atoms with Gasteiger partial charge in [0.25, 0.3) is 0 Å². The summed E-state index contributed by atoms with van der Waals surface area (Å²) in [6.45, 7) is 7.56. The van der Waals surface area contributed by atoms with Crippen molar-refractivity contribution in [3.63, 3.8) is 0 Å². The van der Waals surface area contributed by atoms with E-state index in [9.17, 15) is 0 Å². The van der Waals surface area contributed by atoms with E-state index in [4.69, 9.17) is 5.73 Å². The van der Waals surface area contributed by atoms with Crippen LogP contribution in [-0.2, 0) is 6.54 Å². The highest BCUT2D eigenvalue weighted by Crippen LogP contribution is 2.32. The molecule has 112 valence electrons. The third-order valence-electron chi connectivity index (χ3n) is 4.95. The molecule has 1 aliphatic rings. The van der Waals surface area contributed by atoms with Crippen LogP contribution in [0.25, 0.3) is 0 Å². The van der Waals surface area contributed by atoms with E-state index in [1.165, 1.54) is 31.2 Å². The highest BCUT2D eigenvalue weighted by molar-refractivity contribution is 5.14. The van der Waals surface area contributed by atoms with E-state index in [2.05, 4.69) is 49.1 Å². The largest absolute Gasteiger partial charge is 0.329 e. The van der Waals surface area contributed by atoms with Crippen LogP contribution >= 0.6 is 0 Å². The lowest BCUT2D eigenvalue weighted by atomic mass is 9.78. The van der Waals surface area contributed by atoms with Crippen LogP contribution in [-0.4, -0.2) is 24.0 Å². The second-order valence-electron chi connectivity index (χ2n) is 6.37. The summed E-state index contributed by atoms with van der Waals surface area (Å²) in [5.41, 5.74) is 7.53. The summed E-state index contributed by atoms with van der Waals surface area (Å²) in [5, 5.41) is 0. The third kappa shape index (κ3) is 4.07. The van der Waals surface area contributed by atoms with Gasteiger partial charge in [-0.2, -0.15) is 0 Å². The molecule has 20 heavy (non-hydrogen) atoms. The van der Waals surface area contributed by atoms with Gasteiger partial charge in [0.15, 0.2) is 0 Å². The maximum atomic E-state index is 6.13. The van der Waals surface area contributed by atoms with E-state index in [1.54, 1.807) is 0 Å². The monoisotopic (exact) mass is 274 g/mol. The van der Waals surface area contributed by atoms with E-state index >= 15 is 0 Å². The number of benzene rings is 1. The molecule has 0 saturated heterocycles. The zero-order valence-electron chi connectivity index (χ0n) is 13.1. The molecule has 0 spiro atoms. The van der Waals surface area contributed by atoms with Gasteiger partial charge in [0.2, 0.25) is 0 Å². The average Bonchev–Trinajstić information content (AvgIpc) is 2.49. The number of hydrogen-bond acceptors (Lipinski definition) is 2. The number of likely N-dealkylation sites (N-methyl/N-ethyl adjacent to an activating group) is 1. The second-order valence-corrected chi connectivity index (χ2v) is 6.37. The normalized spacial score (nSPS) is 24.8. The summed E-state index contributed by atoms with van der Waals surface area (Å²) in [6.07, 6.45) is 5.47. The van der Waals surface area contributed by atoms with Gasteiger partial charge in [0, 0.05) is 19.1 Å². The lowest BCUT2D eigenvalue weighted by Crippen LogP contribution is -2.46. The molecule has 0 heterocycles. The fourth-order valence-corrected chi connectivity index (χ4v) is 3.59. The van der Waals surface area contributed by atoms with Crippen molar-refractivity contribution in [2.45, 2.75) is 52.1 Å². The van der Waals surface area contributed by atoms with Gasteiger partial charge in [-0.05, 0) is 36.8 Å². The molecule has 2 rings (SSSR count). The van der Waals surface area contributed by atoms with E-state index in [1.807, 2.05) is 0 Å². The van der Waals surface area contributed by atoms with Crippen molar-refractivity contribution in [3.8, 4) is 0 Å². The standard InChI is InChI=1S/C18H30N2/c1-3-20(14-16-7-5-4-6-8-16)18(13-19)17-11-9-15(2)10-12-17/h4-8,15,17-18H,3,9-14,19H2,1-2H3. The van der Waals surface area contributed by atoms with Gasteiger partial charge >= 0.3 is 0 Å². The molecule has 0 bridgehead atoms. The molecule has 1 saturated carbocycles. The van der Waals surface area contributed by atoms with E-state index in [-0.39, 0.29) is 0 Å². The number of nitrogens with two attached hydrogens (primary N) is 1. The molecule has 2 nitrogen and oxygen atoms in total. The van der Waals surface area contributed by atoms with Crippen molar-refractivity contribution in [1.82, 2.24) is 4.90 Å². The van der Waals surface area contributed by atoms with Crippen molar-refractivity contribution < 1.29 is 0 Å². The minimum atomic E-state index is 0.549. The van der Waals surface area contributed by atoms with Gasteiger partial charge in [-0.1, -0.05) is 57.0 Å². The first-order valence-electron chi connectivity index (χ1n) is 8.22. The zero-order valence-corrected chi connectivity index (χ0v) is 13.1. The predicted molar refractivity (Wildman–Crippen MR) is 86.5 cm³/mol. The maximum Gasteiger partial charge on any atom is 0.0250 e. The Morgan fingerprint density at radius 2 is 1.80 bits per heavy atom. The second kappa shape index (κ2) is 7.80. The minimum absolute atomic E-state index is 0.549. The summed E-state index contributed by atoms with van der Waals surface area (Å²) in [6, 6.07) is 11.3. The van der Waals surface area contributed by atoms with Crippen LogP contribution in [0.1, 0.15) is 45.1 Å². The Balaban J connectivity index is 2.00. The Kier molecular flexibility index (Phi) is 6.06. The molecule has 1 aromatic carbocycles. The van der Waals surface area contributed by atoms with Gasteiger partial charge in [0.1, 0.15) is 0 Å². The molecule has 1 unspecified atom stereocenters. The first kappa shape index (κ1) is 15.5. The molecule has 0 aromatic heterocycles. The van der Waals surface area contributed by atoms with Crippen LogP contribution in [0.4, 0.5) is 0 Å². The Morgan fingerprint density at radius 1 is 1.15 bits per heavy atom. The molecule has 1 aliphatic carbocycles. The van der Waals surface area contributed by atoms with Crippen molar-refractivity contribution in [1.29, 1.82) is 0 Å². The molecular weight excluding hydrogens is 244 g/mol. The molecule has 1 fully saturated rings. The molecule has 1 atom stereocenters. The number of hydrogen-bond donors (Lipinski definition) is 1. The van der Waals surface area contributed by atoms with Gasteiger partial charge in [-0.3, -0.25) is 4.90 Å². The van der Waals surface area contributed by atoms with Crippen LogP contribution in [0.15, 0.2) is 30.3 Å². The van der Waals surface area contributed by atoms with Crippen molar-refractivity contribution in [2.75, 3.05) is 13.1 Å². The number of nitrogens with zero attached hydrogens (tertiary/aromatic N) is 1. The molecule has 0 aliphatic heterocycles. The summed E-state index contributed by atoms with van der Waals surface area (Å²) >= 11 is 0. The van der Waals surface area contributed by atoms with Crippen LogP contribution in [0.5, 0.6) is 0 Å².